The Labute approximate surface area is 71.7 Å². The van der Waals surface area contributed by atoms with E-state index in [0.717, 1.165) is 11.7 Å². The van der Waals surface area contributed by atoms with Gasteiger partial charge in [0.2, 0.25) is 0 Å². The van der Waals surface area contributed by atoms with E-state index < -0.39 is 5.60 Å². The minimum absolute atomic E-state index is 0.312. The highest BCUT2D eigenvalue weighted by Gasteiger charge is 2.52. The molecule has 0 aromatic rings. The van der Waals surface area contributed by atoms with Crippen LogP contribution in [0.15, 0.2) is 0 Å². The van der Waals surface area contributed by atoms with Crippen LogP contribution in [0, 0.1) is 0 Å². The van der Waals surface area contributed by atoms with Crippen molar-refractivity contribution in [2.75, 3.05) is 7.05 Å². The number of nitrogens with one attached hydrogen (secondary N) is 1. The molecular formula is C8H15NOS. The van der Waals surface area contributed by atoms with Crippen LogP contribution in [0.1, 0.15) is 19.8 Å². The van der Waals surface area contributed by atoms with Gasteiger partial charge in [0.05, 0.1) is 5.60 Å². The van der Waals surface area contributed by atoms with Gasteiger partial charge in [-0.15, -0.1) is 0 Å². The molecule has 0 aromatic carbocycles. The summed E-state index contributed by atoms with van der Waals surface area (Å²) in [4.78, 5) is 0. The van der Waals surface area contributed by atoms with Crippen molar-refractivity contribution in [2.24, 2.45) is 0 Å². The predicted octanol–water partition coefficient (Wildman–Crippen LogP) is 0.603. The van der Waals surface area contributed by atoms with Crippen LogP contribution in [-0.4, -0.2) is 34.3 Å². The largest absolute Gasteiger partial charge is 0.387 e. The van der Waals surface area contributed by atoms with Gasteiger partial charge in [0.15, 0.2) is 0 Å². The zero-order valence-corrected chi connectivity index (χ0v) is 7.82. The molecule has 0 spiro atoms. The van der Waals surface area contributed by atoms with Gasteiger partial charge in [-0.3, -0.25) is 0 Å². The molecule has 11 heavy (non-hydrogen) atoms. The SMILES string of the molecule is CNC1C[C@@H]2C[C@@H](S2)C1(C)O. The van der Waals surface area contributed by atoms with Gasteiger partial charge in [0.1, 0.15) is 0 Å². The molecule has 0 amide bonds. The number of thioether (sulfide) groups is 1. The summed E-state index contributed by atoms with van der Waals surface area (Å²) in [6.45, 7) is 1.96. The Balaban J connectivity index is 2.12. The van der Waals surface area contributed by atoms with Crippen molar-refractivity contribution in [3.8, 4) is 0 Å². The molecule has 2 unspecified atom stereocenters. The summed E-state index contributed by atoms with van der Waals surface area (Å²) in [5.41, 5.74) is -0.478. The molecule has 2 saturated heterocycles. The zero-order valence-electron chi connectivity index (χ0n) is 7.00. The van der Waals surface area contributed by atoms with Gasteiger partial charge in [0.25, 0.3) is 0 Å². The summed E-state index contributed by atoms with van der Waals surface area (Å²) in [7, 11) is 1.94. The molecule has 2 aliphatic heterocycles. The Morgan fingerprint density at radius 2 is 2.18 bits per heavy atom. The average Bonchev–Trinajstić information content (AvgIpc) is 1.83. The minimum atomic E-state index is -0.478. The topological polar surface area (TPSA) is 32.3 Å². The van der Waals surface area contributed by atoms with E-state index in [-0.39, 0.29) is 0 Å². The Morgan fingerprint density at radius 1 is 1.55 bits per heavy atom. The summed E-state index contributed by atoms with van der Waals surface area (Å²) in [5.74, 6) is 0. The fourth-order valence-electron chi connectivity index (χ4n) is 2.12. The third-order valence-corrected chi connectivity index (χ3v) is 4.81. The number of fused-ring (bicyclic) bond motifs is 2. The van der Waals surface area contributed by atoms with Crippen molar-refractivity contribution in [1.29, 1.82) is 0 Å². The molecule has 0 radical (unpaired) electrons. The first kappa shape index (κ1) is 7.90. The lowest BCUT2D eigenvalue weighted by Crippen LogP contribution is -2.64. The summed E-state index contributed by atoms with van der Waals surface area (Å²) < 4.78 is 0. The lowest BCUT2D eigenvalue weighted by atomic mass is 9.80. The van der Waals surface area contributed by atoms with Gasteiger partial charge < -0.3 is 10.4 Å². The maximum absolute atomic E-state index is 10.1. The first-order chi connectivity index (χ1) is 5.14. The molecule has 3 rings (SSSR count). The summed E-state index contributed by atoms with van der Waals surface area (Å²) in [5, 5.41) is 14.6. The van der Waals surface area contributed by atoms with E-state index in [4.69, 9.17) is 0 Å². The summed E-state index contributed by atoms with van der Waals surface area (Å²) in [6, 6.07) is 0.312. The van der Waals surface area contributed by atoms with Crippen molar-refractivity contribution in [1.82, 2.24) is 5.32 Å². The van der Waals surface area contributed by atoms with Crippen LogP contribution in [0.3, 0.4) is 0 Å². The van der Waals surface area contributed by atoms with Crippen LogP contribution in [-0.2, 0) is 0 Å². The first-order valence-electron chi connectivity index (χ1n) is 4.19. The van der Waals surface area contributed by atoms with Crippen molar-refractivity contribution in [2.45, 2.75) is 41.9 Å². The van der Waals surface area contributed by atoms with Crippen LogP contribution >= 0.6 is 11.8 Å². The second kappa shape index (κ2) is 2.38. The third kappa shape index (κ3) is 1.02. The second-order valence-corrected chi connectivity index (χ2v) is 5.29. The molecule has 2 bridgehead atoms. The van der Waals surface area contributed by atoms with Crippen LogP contribution in [0.2, 0.25) is 0 Å². The normalized spacial score (nSPS) is 55.4. The standard InChI is InChI=1S/C8H15NOS/c1-8(10)6(9-2)3-5-4-7(8)11-5/h5-7,9-10H,3-4H2,1-2H3/t5-,6?,7-,8?/m1/s1. The molecule has 0 aromatic heterocycles. The molecule has 3 aliphatic rings. The number of aliphatic hydroxyl groups is 1. The smallest absolute Gasteiger partial charge is 0.0890 e. The summed E-state index contributed by atoms with van der Waals surface area (Å²) >= 11 is 1.95. The molecule has 1 saturated carbocycles. The van der Waals surface area contributed by atoms with Gasteiger partial charge in [-0.25, -0.2) is 0 Å². The predicted molar refractivity (Wildman–Crippen MR) is 47.9 cm³/mol. The van der Waals surface area contributed by atoms with Gasteiger partial charge >= 0.3 is 0 Å². The minimum Gasteiger partial charge on any atom is -0.387 e. The lowest BCUT2D eigenvalue weighted by molar-refractivity contribution is -0.00847. The molecule has 2 nitrogen and oxygen atoms in total. The molecule has 2 N–H and O–H groups in total. The van der Waals surface area contributed by atoms with E-state index in [9.17, 15) is 5.11 Å². The molecule has 2 heterocycles. The van der Waals surface area contributed by atoms with Crippen molar-refractivity contribution in [3.05, 3.63) is 0 Å². The Morgan fingerprint density at radius 3 is 2.55 bits per heavy atom. The average molecular weight is 173 g/mol. The maximum Gasteiger partial charge on any atom is 0.0890 e. The highest BCUT2D eigenvalue weighted by molar-refractivity contribution is 8.02. The van der Waals surface area contributed by atoms with E-state index in [0.29, 0.717) is 11.3 Å². The van der Waals surface area contributed by atoms with Crippen LogP contribution in [0.4, 0.5) is 0 Å². The van der Waals surface area contributed by atoms with Gasteiger partial charge in [-0.2, -0.15) is 11.8 Å². The monoisotopic (exact) mass is 173 g/mol. The molecule has 3 fully saturated rings. The van der Waals surface area contributed by atoms with Gasteiger partial charge in [-0.05, 0) is 26.8 Å². The maximum atomic E-state index is 10.1. The van der Waals surface area contributed by atoms with E-state index in [1.54, 1.807) is 0 Å². The molecule has 3 heteroatoms. The zero-order chi connectivity index (χ0) is 8.06. The molecule has 4 atom stereocenters. The highest BCUT2D eigenvalue weighted by Crippen LogP contribution is 2.51. The number of hydrogen-bond donors (Lipinski definition) is 2. The summed E-state index contributed by atoms with van der Waals surface area (Å²) in [6.07, 6.45) is 2.35. The van der Waals surface area contributed by atoms with E-state index in [1.165, 1.54) is 6.42 Å². The quantitative estimate of drug-likeness (QED) is 0.609. The van der Waals surface area contributed by atoms with Crippen LogP contribution in [0.25, 0.3) is 0 Å². The number of hydrogen-bond acceptors (Lipinski definition) is 3. The van der Waals surface area contributed by atoms with Crippen molar-refractivity contribution >= 4 is 11.8 Å². The Kier molecular flexibility index (Phi) is 1.71. The van der Waals surface area contributed by atoms with Gasteiger partial charge in [0, 0.05) is 16.5 Å². The second-order valence-electron chi connectivity index (χ2n) is 3.79. The highest BCUT2D eigenvalue weighted by atomic mass is 32.2. The van der Waals surface area contributed by atoms with Crippen molar-refractivity contribution < 1.29 is 5.11 Å². The molecule has 1 aliphatic carbocycles. The first-order valence-corrected chi connectivity index (χ1v) is 5.14. The van der Waals surface area contributed by atoms with Crippen molar-refractivity contribution in [3.63, 3.8) is 0 Å². The fraction of sp³-hybridized carbons (Fsp3) is 1.00. The van der Waals surface area contributed by atoms with Crippen LogP contribution < -0.4 is 5.32 Å². The molecular weight excluding hydrogens is 158 g/mol. The Bertz CT molecular complexity index is 165. The Hall–Kier alpha value is 0.270. The van der Waals surface area contributed by atoms with Gasteiger partial charge in [-0.1, -0.05) is 0 Å². The number of rotatable bonds is 1. The fourth-order valence-corrected chi connectivity index (χ4v) is 3.62. The van der Waals surface area contributed by atoms with E-state index >= 15 is 0 Å². The lowest BCUT2D eigenvalue weighted by Gasteiger charge is -2.54. The number of likely N-dealkylation sites (N-methyl/N-ethyl adjacent to an activating group) is 1. The van der Waals surface area contributed by atoms with Crippen LogP contribution in [0.5, 0.6) is 0 Å². The van der Waals surface area contributed by atoms with E-state index in [1.807, 2.05) is 25.7 Å². The third-order valence-electron chi connectivity index (χ3n) is 3.04. The van der Waals surface area contributed by atoms with E-state index in [2.05, 4.69) is 5.32 Å². The molecule has 64 valence electrons.